The number of nitrogens with zero attached hydrogens (tertiary/aromatic N) is 2. The molecule has 0 aliphatic carbocycles. The Balaban J connectivity index is 1.82. The van der Waals surface area contributed by atoms with Gasteiger partial charge in [-0.2, -0.15) is 4.31 Å². The van der Waals surface area contributed by atoms with Crippen LogP contribution in [-0.4, -0.2) is 46.0 Å². The van der Waals surface area contributed by atoms with Crippen molar-refractivity contribution < 1.29 is 13.2 Å². The quantitative estimate of drug-likeness (QED) is 0.817. The van der Waals surface area contributed by atoms with Gasteiger partial charge in [0, 0.05) is 36.9 Å². The monoisotopic (exact) mass is 380 g/mol. The number of anilines is 1. The van der Waals surface area contributed by atoms with Gasteiger partial charge >= 0.3 is 0 Å². The van der Waals surface area contributed by atoms with E-state index in [1.807, 2.05) is 37.3 Å². The maximum atomic E-state index is 13.0. The molecule has 1 heterocycles. The van der Waals surface area contributed by atoms with Crippen molar-refractivity contribution in [3.05, 3.63) is 53.1 Å². The van der Waals surface area contributed by atoms with Gasteiger partial charge in [0.25, 0.3) is 0 Å². The zero-order chi connectivity index (χ0) is 18.0. The van der Waals surface area contributed by atoms with Gasteiger partial charge in [0.1, 0.15) is 10.6 Å². The van der Waals surface area contributed by atoms with E-state index in [0.29, 0.717) is 37.0 Å². The summed E-state index contributed by atoms with van der Waals surface area (Å²) in [4.78, 5) is 2.31. The van der Waals surface area contributed by atoms with Crippen molar-refractivity contribution in [2.45, 2.75) is 11.8 Å². The highest BCUT2D eigenvalue weighted by atomic mass is 35.5. The van der Waals surface area contributed by atoms with Crippen molar-refractivity contribution in [3.63, 3.8) is 0 Å². The molecule has 1 aliphatic heterocycles. The standard InChI is InChI=1S/C18H21ClN2O3S/c1-14-12-17(24-2)18(13-16(14)19)25(22,23)21-10-8-20(9-11-21)15-6-4-3-5-7-15/h3-7,12-13H,8-11H2,1-2H3. The van der Waals surface area contributed by atoms with Crippen LogP contribution in [0.3, 0.4) is 0 Å². The second-order valence-electron chi connectivity index (χ2n) is 5.98. The number of hydrogen-bond donors (Lipinski definition) is 0. The lowest BCUT2D eigenvalue weighted by molar-refractivity contribution is 0.374. The highest BCUT2D eigenvalue weighted by Crippen LogP contribution is 2.32. The van der Waals surface area contributed by atoms with Crippen LogP contribution in [0.4, 0.5) is 5.69 Å². The zero-order valence-electron chi connectivity index (χ0n) is 14.3. The molecule has 0 aromatic heterocycles. The summed E-state index contributed by atoms with van der Waals surface area (Å²) >= 11 is 6.14. The summed E-state index contributed by atoms with van der Waals surface area (Å²) in [5, 5.41) is 0.419. The molecule has 0 radical (unpaired) electrons. The van der Waals surface area contributed by atoms with Crippen LogP contribution in [0.1, 0.15) is 5.56 Å². The first-order chi connectivity index (χ1) is 11.9. The van der Waals surface area contributed by atoms with E-state index < -0.39 is 10.0 Å². The lowest BCUT2D eigenvalue weighted by Crippen LogP contribution is -2.48. The number of aryl methyl sites for hydroxylation is 1. The molecule has 2 aromatic rings. The molecule has 1 fully saturated rings. The number of sulfonamides is 1. The third-order valence-corrected chi connectivity index (χ3v) is 6.75. The first kappa shape index (κ1) is 18.0. The first-order valence-corrected chi connectivity index (χ1v) is 9.89. The van der Waals surface area contributed by atoms with Gasteiger partial charge in [0.2, 0.25) is 10.0 Å². The highest BCUT2D eigenvalue weighted by Gasteiger charge is 2.31. The molecule has 0 amide bonds. The molecule has 1 saturated heterocycles. The Morgan fingerprint density at radius 1 is 1.04 bits per heavy atom. The van der Waals surface area contributed by atoms with E-state index in [4.69, 9.17) is 16.3 Å². The molecule has 0 N–H and O–H groups in total. The number of ether oxygens (including phenoxy) is 1. The fraction of sp³-hybridized carbons (Fsp3) is 0.333. The molecule has 7 heteroatoms. The Kier molecular flexibility index (Phi) is 5.22. The Labute approximate surface area is 153 Å². The normalized spacial score (nSPS) is 16.0. The summed E-state index contributed by atoms with van der Waals surface area (Å²) in [7, 11) is -2.19. The largest absolute Gasteiger partial charge is 0.495 e. The SMILES string of the molecule is COc1cc(C)c(Cl)cc1S(=O)(=O)N1CCN(c2ccccc2)CC1. The molecule has 1 aliphatic rings. The number of rotatable bonds is 4. The molecule has 2 aromatic carbocycles. The van der Waals surface area contributed by atoms with E-state index >= 15 is 0 Å². The van der Waals surface area contributed by atoms with Crippen LogP contribution < -0.4 is 9.64 Å². The van der Waals surface area contributed by atoms with E-state index in [2.05, 4.69) is 4.90 Å². The predicted octanol–water partition coefficient (Wildman–Crippen LogP) is 3.17. The molecular formula is C18H21ClN2O3S. The summed E-state index contributed by atoms with van der Waals surface area (Å²) in [6, 6.07) is 13.1. The summed E-state index contributed by atoms with van der Waals surface area (Å²) in [6.07, 6.45) is 0. The average molecular weight is 381 g/mol. The van der Waals surface area contributed by atoms with Crippen LogP contribution in [0.2, 0.25) is 5.02 Å². The average Bonchev–Trinajstić information content (AvgIpc) is 2.64. The smallest absolute Gasteiger partial charge is 0.246 e. The molecule has 0 atom stereocenters. The number of benzene rings is 2. The van der Waals surface area contributed by atoms with E-state index in [1.165, 1.54) is 17.5 Å². The van der Waals surface area contributed by atoms with Gasteiger partial charge in [-0.1, -0.05) is 29.8 Å². The molecule has 25 heavy (non-hydrogen) atoms. The van der Waals surface area contributed by atoms with E-state index in [1.54, 1.807) is 6.07 Å². The van der Waals surface area contributed by atoms with Crippen molar-refractivity contribution in [1.29, 1.82) is 0 Å². The topological polar surface area (TPSA) is 49.9 Å². The summed E-state index contributed by atoms with van der Waals surface area (Å²) in [5.74, 6) is 0.326. The van der Waals surface area contributed by atoms with Crippen LogP contribution in [0.15, 0.2) is 47.4 Å². The second kappa shape index (κ2) is 7.23. The lowest BCUT2D eigenvalue weighted by atomic mass is 10.2. The third kappa shape index (κ3) is 3.61. The van der Waals surface area contributed by atoms with Crippen LogP contribution in [0.5, 0.6) is 5.75 Å². The maximum Gasteiger partial charge on any atom is 0.246 e. The maximum absolute atomic E-state index is 13.0. The summed E-state index contributed by atoms with van der Waals surface area (Å²) < 4.78 is 32.9. The Morgan fingerprint density at radius 3 is 2.28 bits per heavy atom. The number of piperazine rings is 1. The molecule has 0 spiro atoms. The molecular weight excluding hydrogens is 360 g/mol. The van der Waals surface area contributed by atoms with Crippen LogP contribution in [0, 0.1) is 6.92 Å². The highest BCUT2D eigenvalue weighted by molar-refractivity contribution is 7.89. The van der Waals surface area contributed by atoms with Gasteiger partial charge in [0.15, 0.2) is 0 Å². The first-order valence-electron chi connectivity index (χ1n) is 8.08. The van der Waals surface area contributed by atoms with Gasteiger partial charge in [-0.15, -0.1) is 0 Å². The molecule has 0 bridgehead atoms. The molecule has 0 saturated carbocycles. The van der Waals surface area contributed by atoms with E-state index in [9.17, 15) is 8.42 Å². The minimum Gasteiger partial charge on any atom is -0.495 e. The third-order valence-electron chi connectivity index (χ3n) is 4.42. The van der Waals surface area contributed by atoms with Crippen molar-refractivity contribution in [2.75, 3.05) is 38.2 Å². The fourth-order valence-corrected chi connectivity index (χ4v) is 4.78. The summed E-state index contributed by atoms with van der Waals surface area (Å²) in [6.45, 7) is 3.95. The van der Waals surface area contributed by atoms with Gasteiger partial charge < -0.3 is 9.64 Å². The van der Waals surface area contributed by atoms with Crippen LogP contribution >= 0.6 is 11.6 Å². The van der Waals surface area contributed by atoms with Gasteiger partial charge in [0.05, 0.1) is 7.11 Å². The molecule has 134 valence electrons. The lowest BCUT2D eigenvalue weighted by Gasteiger charge is -2.35. The molecule has 3 rings (SSSR count). The van der Waals surface area contributed by atoms with Crippen molar-refractivity contribution in [2.24, 2.45) is 0 Å². The fourth-order valence-electron chi connectivity index (χ4n) is 2.96. The Morgan fingerprint density at radius 2 is 1.68 bits per heavy atom. The number of methoxy groups -OCH3 is 1. The van der Waals surface area contributed by atoms with E-state index in [-0.39, 0.29) is 4.90 Å². The van der Waals surface area contributed by atoms with Gasteiger partial charge in [-0.3, -0.25) is 0 Å². The zero-order valence-corrected chi connectivity index (χ0v) is 15.8. The second-order valence-corrected chi connectivity index (χ2v) is 8.29. The van der Waals surface area contributed by atoms with Crippen molar-refractivity contribution >= 4 is 27.3 Å². The van der Waals surface area contributed by atoms with Crippen LogP contribution in [-0.2, 0) is 10.0 Å². The number of para-hydroxylation sites is 1. The van der Waals surface area contributed by atoms with Crippen molar-refractivity contribution in [3.8, 4) is 5.75 Å². The van der Waals surface area contributed by atoms with Crippen molar-refractivity contribution in [1.82, 2.24) is 4.31 Å². The molecule has 5 nitrogen and oxygen atoms in total. The predicted molar refractivity (Wildman–Crippen MR) is 100 cm³/mol. The van der Waals surface area contributed by atoms with E-state index in [0.717, 1.165) is 11.3 Å². The number of hydrogen-bond acceptors (Lipinski definition) is 4. The summed E-state index contributed by atoms with van der Waals surface area (Å²) in [5.41, 5.74) is 1.89. The van der Waals surface area contributed by atoms with Crippen LogP contribution in [0.25, 0.3) is 0 Å². The Bertz CT molecular complexity index is 848. The number of halogens is 1. The Hall–Kier alpha value is -1.76. The minimum atomic E-state index is -3.65. The van der Waals surface area contributed by atoms with Gasteiger partial charge in [-0.25, -0.2) is 8.42 Å². The molecule has 0 unspecified atom stereocenters. The van der Waals surface area contributed by atoms with Gasteiger partial charge in [-0.05, 0) is 36.8 Å². The minimum absolute atomic E-state index is 0.124.